The highest BCUT2D eigenvalue weighted by atomic mass is 35.5. The highest BCUT2D eigenvalue weighted by Crippen LogP contribution is 2.39. The molecule has 3 N–H and O–H groups in total. The Morgan fingerprint density at radius 2 is 1.72 bits per heavy atom. The number of benzene rings is 3. The maximum atomic E-state index is 12.8. The number of halogens is 1. The third kappa shape index (κ3) is 7.13. The Bertz CT molecular complexity index is 1630. The normalized spacial score (nSPS) is 11.2. The first-order valence-corrected chi connectivity index (χ1v) is 12.7. The molecule has 0 atom stereocenters. The number of nitriles is 1. The predicted molar refractivity (Wildman–Crippen MR) is 142 cm³/mol. The summed E-state index contributed by atoms with van der Waals surface area (Å²) in [5.74, 6) is -2.91. The van der Waals surface area contributed by atoms with Gasteiger partial charge in [-0.2, -0.15) is 13.7 Å². The monoisotopic (exact) mass is 569 g/mol. The number of methoxy groups -OCH3 is 1. The third-order valence-corrected chi connectivity index (χ3v) is 6.51. The molecule has 200 valence electrons. The number of para-hydroxylation sites is 1. The summed E-state index contributed by atoms with van der Waals surface area (Å²) in [6.45, 7) is 1.31. The maximum absolute atomic E-state index is 12.8. The van der Waals surface area contributed by atoms with Gasteiger partial charge in [0.2, 0.25) is 11.7 Å². The number of amides is 2. The average Bonchev–Trinajstić information content (AvgIpc) is 2.88. The van der Waals surface area contributed by atoms with E-state index in [0.29, 0.717) is 5.69 Å². The average molecular weight is 570 g/mol. The lowest BCUT2D eigenvalue weighted by atomic mass is 10.1. The van der Waals surface area contributed by atoms with Crippen molar-refractivity contribution in [2.24, 2.45) is 0 Å². The van der Waals surface area contributed by atoms with Gasteiger partial charge in [0.05, 0.1) is 23.4 Å². The van der Waals surface area contributed by atoms with Crippen LogP contribution in [0.25, 0.3) is 6.08 Å². The van der Waals surface area contributed by atoms with Crippen LogP contribution in [-0.4, -0.2) is 38.4 Å². The molecule has 0 fully saturated rings. The van der Waals surface area contributed by atoms with Gasteiger partial charge in [0.1, 0.15) is 16.5 Å². The number of nitrogens with one attached hydrogen (secondary N) is 2. The van der Waals surface area contributed by atoms with Gasteiger partial charge in [-0.15, -0.1) is 0 Å². The van der Waals surface area contributed by atoms with Crippen molar-refractivity contribution in [2.45, 2.75) is 11.8 Å². The molecule has 3 rings (SSSR count). The van der Waals surface area contributed by atoms with E-state index < -0.39 is 27.6 Å². The zero-order valence-corrected chi connectivity index (χ0v) is 22.0. The molecule has 0 heterocycles. The standard InChI is InChI=1S/C26H20ClN3O8S/c1-15(31)29-18-7-9-19(10-8-18)39(35,36)38-24-21(27)12-16(13-23(24)37-2)11-17(14-28)25(32)30-22-6-4-3-5-20(22)26(33)34/h3-13H,1-2H3,(H,29,31)(H,30,32)(H,33,34)/b17-11+. The van der Waals surface area contributed by atoms with Crippen molar-refractivity contribution in [1.82, 2.24) is 0 Å². The number of carbonyl (C=O) groups is 3. The summed E-state index contributed by atoms with van der Waals surface area (Å²) < 4.78 is 36.1. The number of nitrogens with zero attached hydrogens (tertiary/aromatic N) is 1. The van der Waals surface area contributed by atoms with E-state index in [4.69, 9.17) is 20.5 Å². The Labute approximate surface area is 228 Å². The van der Waals surface area contributed by atoms with Gasteiger partial charge in [-0.05, 0) is 60.2 Å². The summed E-state index contributed by atoms with van der Waals surface area (Å²) in [6.07, 6.45) is 1.16. The van der Waals surface area contributed by atoms with E-state index in [1.165, 1.54) is 74.7 Å². The van der Waals surface area contributed by atoms with Gasteiger partial charge in [0.15, 0.2) is 5.75 Å². The fraction of sp³-hybridized carbons (Fsp3) is 0.0769. The van der Waals surface area contributed by atoms with Crippen molar-refractivity contribution in [3.05, 3.63) is 82.4 Å². The molecule has 0 aliphatic carbocycles. The number of carboxylic acids is 1. The van der Waals surface area contributed by atoms with Crippen LogP contribution in [0.5, 0.6) is 11.5 Å². The second-order valence-electron chi connectivity index (χ2n) is 7.75. The number of carbonyl (C=O) groups excluding carboxylic acids is 2. The van der Waals surface area contributed by atoms with Crippen molar-refractivity contribution in [3.63, 3.8) is 0 Å². The topological polar surface area (TPSA) is 172 Å². The lowest BCUT2D eigenvalue weighted by Gasteiger charge is -2.14. The quantitative estimate of drug-likeness (QED) is 0.193. The lowest BCUT2D eigenvalue weighted by Crippen LogP contribution is -2.16. The molecular weight excluding hydrogens is 550 g/mol. The van der Waals surface area contributed by atoms with Gasteiger partial charge >= 0.3 is 16.1 Å². The number of hydrogen-bond donors (Lipinski definition) is 3. The van der Waals surface area contributed by atoms with Crippen molar-refractivity contribution < 1.29 is 36.8 Å². The van der Waals surface area contributed by atoms with Gasteiger partial charge in [0, 0.05) is 12.6 Å². The molecule has 2 amide bonds. The Morgan fingerprint density at radius 1 is 1.05 bits per heavy atom. The summed E-state index contributed by atoms with van der Waals surface area (Å²) in [5, 5.41) is 23.5. The molecular formula is C26H20ClN3O8S. The van der Waals surface area contributed by atoms with Crippen molar-refractivity contribution in [2.75, 3.05) is 17.7 Å². The molecule has 39 heavy (non-hydrogen) atoms. The second kappa shape index (κ2) is 12.1. The first-order valence-electron chi connectivity index (χ1n) is 10.9. The SMILES string of the molecule is COc1cc(/C=C(\C#N)C(=O)Nc2ccccc2C(=O)O)cc(Cl)c1OS(=O)(=O)c1ccc(NC(C)=O)cc1. The molecule has 0 saturated heterocycles. The van der Waals surface area contributed by atoms with Crippen LogP contribution in [-0.2, 0) is 19.7 Å². The fourth-order valence-electron chi connectivity index (χ4n) is 3.25. The van der Waals surface area contributed by atoms with Gasteiger partial charge < -0.3 is 24.7 Å². The fourth-order valence-corrected chi connectivity index (χ4v) is 4.51. The number of hydrogen-bond acceptors (Lipinski definition) is 8. The van der Waals surface area contributed by atoms with E-state index in [1.54, 1.807) is 6.07 Å². The minimum Gasteiger partial charge on any atom is -0.493 e. The van der Waals surface area contributed by atoms with Crippen LogP contribution in [0, 0.1) is 11.3 Å². The molecule has 3 aromatic carbocycles. The molecule has 0 spiro atoms. The Balaban J connectivity index is 1.89. The largest absolute Gasteiger partial charge is 0.493 e. The zero-order valence-electron chi connectivity index (χ0n) is 20.4. The molecule has 0 bridgehead atoms. The highest BCUT2D eigenvalue weighted by Gasteiger charge is 2.23. The predicted octanol–water partition coefficient (Wildman–Crippen LogP) is 4.32. The molecule has 0 radical (unpaired) electrons. The van der Waals surface area contributed by atoms with Crippen LogP contribution >= 0.6 is 11.6 Å². The third-order valence-electron chi connectivity index (χ3n) is 4.99. The zero-order chi connectivity index (χ0) is 28.7. The number of anilines is 2. The van der Waals surface area contributed by atoms with Gasteiger partial charge in [-0.3, -0.25) is 9.59 Å². The molecule has 3 aromatic rings. The van der Waals surface area contributed by atoms with E-state index in [9.17, 15) is 33.2 Å². The van der Waals surface area contributed by atoms with Crippen molar-refractivity contribution >= 4 is 57.0 Å². The highest BCUT2D eigenvalue weighted by molar-refractivity contribution is 7.87. The second-order valence-corrected chi connectivity index (χ2v) is 9.71. The molecule has 13 heteroatoms. The van der Waals surface area contributed by atoms with Gasteiger partial charge in [-0.25, -0.2) is 4.79 Å². The number of ether oxygens (including phenoxy) is 1. The maximum Gasteiger partial charge on any atom is 0.339 e. The number of aromatic carboxylic acids is 1. The summed E-state index contributed by atoms with van der Waals surface area (Å²) >= 11 is 6.29. The summed E-state index contributed by atoms with van der Waals surface area (Å²) in [5.41, 5.74) is 0.0106. The minimum absolute atomic E-state index is 0.00850. The Kier molecular flexibility index (Phi) is 8.92. The van der Waals surface area contributed by atoms with Crippen molar-refractivity contribution in [3.8, 4) is 17.6 Å². The van der Waals surface area contributed by atoms with E-state index in [2.05, 4.69) is 10.6 Å². The van der Waals surface area contributed by atoms with E-state index in [0.717, 1.165) is 6.08 Å². The first kappa shape index (κ1) is 28.7. The first-order chi connectivity index (χ1) is 18.4. The molecule has 0 aromatic heterocycles. The lowest BCUT2D eigenvalue weighted by molar-refractivity contribution is -0.114. The van der Waals surface area contributed by atoms with Crippen LogP contribution in [0.2, 0.25) is 5.02 Å². The molecule has 0 saturated carbocycles. The number of rotatable bonds is 9. The van der Waals surface area contributed by atoms with Crippen LogP contribution in [0.3, 0.4) is 0 Å². The molecule has 0 unspecified atom stereocenters. The Hall–Kier alpha value is -4.86. The molecule has 11 nitrogen and oxygen atoms in total. The van der Waals surface area contributed by atoms with E-state index >= 15 is 0 Å². The molecule has 0 aliphatic rings. The van der Waals surface area contributed by atoms with Gasteiger partial charge in [0.25, 0.3) is 5.91 Å². The summed E-state index contributed by atoms with van der Waals surface area (Å²) in [4.78, 5) is 35.0. The summed E-state index contributed by atoms with van der Waals surface area (Å²) in [7, 11) is -3.13. The molecule has 0 aliphatic heterocycles. The number of carboxylic acid groups (broad SMARTS) is 1. The van der Waals surface area contributed by atoms with E-state index in [-0.39, 0.29) is 44.1 Å². The van der Waals surface area contributed by atoms with Crippen LogP contribution in [0.1, 0.15) is 22.8 Å². The smallest absolute Gasteiger partial charge is 0.339 e. The van der Waals surface area contributed by atoms with Crippen LogP contribution in [0.15, 0.2) is 71.1 Å². The minimum atomic E-state index is -4.37. The summed E-state index contributed by atoms with van der Waals surface area (Å²) in [6, 6.07) is 15.2. The van der Waals surface area contributed by atoms with Gasteiger partial charge in [-0.1, -0.05) is 23.7 Å². The van der Waals surface area contributed by atoms with Crippen LogP contribution in [0.4, 0.5) is 11.4 Å². The van der Waals surface area contributed by atoms with Crippen molar-refractivity contribution in [1.29, 1.82) is 5.26 Å². The Morgan fingerprint density at radius 3 is 2.31 bits per heavy atom. The van der Waals surface area contributed by atoms with Crippen LogP contribution < -0.4 is 19.6 Å². The van der Waals surface area contributed by atoms with E-state index in [1.807, 2.05) is 0 Å².